The molecule has 0 saturated carbocycles. The Morgan fingerprint density at radius 3 is 1.45 bits per heavy atom. The zero-order valence-electron chi connectivity index (χ0n) is 34.7. The lowest BCUT2D eigenvalue weighted by atomic mass is 9.70. The summed E-state index contributed by atoms with van der Waals surface area (Å²) in [7, 11) is 0. The molecule has 0 fully saturated rings. The van der Waals surface area contributed by atoms with Gasteiger partial charge in [-0.2, -0.15) is 0 Å². The number of benzene rings is 12. The minimum absolute atomic E-state index is 0.429. The molecular weight excluding hydrogens is 773 g/mol. The van der Waals surface area contributed by atoms with Gasteiger partial charge < -0.3 is 4.42 Å². The molecule has 1 spiro atoms. The lowest BCUT2D eigenvalue weighted by Crippen LogP contribution is -2.25. The molecule has 2 aliphatic carbocycles. The third kappa shape index (κ3) is 4.38. The molecule has 0 unspecified atom stereocenters. The molecule has 0 atom stereocenters. The summed E-state index contributed by atoms with van der Waals surface area (Å²) in [4.78, 5) is 0. The zero-order valence-corrected chi connectivity index (χ0v) is 34.7. The Balaban J connectivity index is 0.980. The molecule has 0 radical (unpaired) electrons. The number of fused-ring (bicyclic) bond motifs is 19. The van der Waals surface area contributed by atoms with E-state index in [4.69, 9.17) is 4.42 Å². The summed E-state index contributed by atoms with van der Waals surface area (Å²) in [6, 6.07) is 81.8. The summed E-state index contributed by atoms with van der Waals surface area (Å²) in [5, 5.41) is 14.7. The molecule has 0 saturated heterocycles. The average molecular weight is 809 g/mol. The van der Waals surface area contributed by atoms with Gasteiger partial charge in [0.05, 0.1) is 5.41 Å². The van der Waals surface area contributed by atoms with Crippen LogP contribution in [-0.4, -0.2) is 0 Å². The maximum Gasteiger partial charge on any atom is 0.136 e. The first-order valence-corrected chi connectivity index (χ1v) is 22.3. The molecule has 0 bridgehead atoms. The van der Waals surface area contributed by atoms with Crippen molar-refractivity contribution < 1.29 is 4.42 Å². The van der Waals surface area contributed by atoms with E-state index >= 15 is 0 Å². The normalized spacial score (nSPS) is 13.4. The van der Waals surface area contributed by atoms with Crippen molar-refractivity contribution in [3.63, 3.8) is 0 Å². The predicted molar refractivity (Wildman–Crippen MR) is 268 cm³/mol. The van der Waals surface area contributed by atoms with Crippen LogP contribution in [0.5, 0.6) is 0 Å². The van der Waals surface area contributed by atoms with Gasteiger partial charge in [0.15, 0.2) is 0 Å². The van der Waals surface area contributed by atoms with E-state index in [-0.39, 0.29) is 0 Å². The summed E-state index contributed by atoms with van der Waals surface area (Å²) < 4.78 is 6.47. The monoisotopic (exact) mass is 808 g/mol. The fourth-order valence-electron chi connectivity index (χ4n) is 12.2. The molecule has 1 aromatic heterocycles. The van der Waals surface area contributed by atoms with Crippen molar-refractivity contribution in [3.8, 4) is 44.5 Å². The Kier molecular flexibility index (Phi) is 6.67. The van der Waals surface area contributed by atoms with Crippen molar-refractivity contribution in [1.82, 2.24) is 0 Å². The van der Waals surface area contributed by atoms with Crippen LogP contribution in [0.4, 0.5) is 0 Å². The van der Waals surface area contributed by atoms with Crippen molar-refractivity contribution in [2.45, 2.75) is 5.41 Å². The van der Waals surface area contributed by atoms with E-state index in [9.17, 15) is 0 Å². The SMILES string of the molecule is c1ccc2c(c1)-c1ccccc1C21c2cc3cc(-c4c5ccccc5c(-c5ccc6oc7cc8ccccc8cc7c6c5)c5ccccc45)ccc3cc2-c2c1ccc1ccccc21. The minimum atomic E-state index is -0.429. The predicted octanol–water partition coefficient (Wildman–Crippen LogP) is 17.0. The highest BCUT2D eigenvalue weighted by Crippen LogP contribution is 2.64. The van der Waals surface area contributed by atoms with E-state index < -0.39 is 5.41 Å². The maximum atomic E-state index is 6.47. The van der Waals surface area contributed by atoms with Crippen LogP contribution in [0, 0.1) is 0 Å². The molecule has 1 heteroatoms. The van der Waals surface area contributed by atoms with Gasteiger partial charge in [0, 0.05) is 10.8 Å². The Bertz CT molecular complexity index is 4100. The third-order valence-electron chi connectivity index (χ3n) is 14.8. The highest BCUT2D eigenvalue weighted by Gasteiger charge is 2.52. The number of hydrogen-bond donors (Lipinski definition) is 0. The summed E-state index contributed by atoms with van der Waals surface area (Å²) in [6.07, 6.45) is 0. The van der Waals surface area contributed by atoms with Gasteiger partial charge >= 0.3 is 0 Å². The van der Waals surface area contributed by atoms with Gasteiger partial charge in [0.2, 0.25) is 0 Å². The molecule has 13 aromatic rings. The van der Waals surface area contributed by atoms with Crippen molar-refractivity contribution >= 4 is 75.8 Å². The molecule has 15 rings (SSSR count). The fraction of sp³-hybridized carbons (Fsp3) is 0.0159. The average Bonchev–Trinajstić information content (AvgIpc) is 3.97. The molecule has 2 aliphatic rings. The van der Waals surface area contributed by atoms with E-state index in [2.05, 4.69) is 218 Å². The number of furan rings is 1. The molecule has 294 valence electrons. The molecule has 0 aliphatic heterocycles. The fourth-order valence-corrected chi connectivity index (χ4v) is 12.2. The largest absolute Gasteiger partial charge is 0.456 e. The highest BCUT2D eigenvalue weighted by atomic mass is 16.3. The van der Waals surface area contributed by atoms with Crippen LogP contribution in [0.25, 0.3) is 120 Å². The second-order valence-electron chi connectivity index (χ2n) is 17.9. The summed E-state index contributed by atoms with van der Waals surface area (Å²) >= 11 is 0. The molecule has 12 aromatic carbocycles. The van der Waals surface area contributed by atoms with Gasteiger partial charge in [-0.05, 0) is 163 Å². The van der Waals surface area contributed by atoms with Crippen molar-refractivity contribution in [1.29, 1.82) is 0 Å². The molecule has 1 nitrogen and oxygen atoms in total. The van der Waals surface area contributed by atoms with Crippen LogP contribution < -0.4 is 0 Å². The van der Waals surface area contributed by atoms with Gasteiger partial charge in [0.25, 0.3) is 0 Å². The molecule has 0 N–H and O–H groups in total. The van der Waals surface area contributed by atoms with Crippen LogP contribution in [0.2, 0.25) is 0 Å². The van der Waals surface area contributed by atoms with E-state index in [1.54, 1.807) is 0 Å². The second-order valence-corrected chi connectivity index (χ2v) is 17.9. The van der Waals surface area contributed by atoms with Crippen molar-refractivity contribution in [3.05, 3.63) is 241 Å². The van der Waals surface area contributed by atoms with Crippen LogP contribution >= 0.6 is 0 Å². The van der Waals surface area contributed by atoms with Gasteiger partial charge in [-0.1, -0.05) is 176 Å². The number of hydrogen-bond acceptors (Lipinski definition) is 1. The Morgan fingerprint density at radius 1 is 0.250 bits per heavy atom. The van der Waals surface area contributed by atoms with Crippen molar-refractivity contribution in [2.75, 3.05) is 0 Å². The molecule has 1 heterocycles. The van der Waals surface area contributed by atoms with Crippen LogP contribution in [-0.2, 0) is 5.41 Å². The van der Waals surface area contributed by atoms with E-state index in [0.717, 1.165) is 21.9 Å². The highest BCUT2D eigenvalue weighted by molar-refractivity contribution is 6.23. The van der Waals surface area contributed by atoms with Crippen LogP contribution in [0.3, 0.4) is 0 Å². The Labute approximate surface area is 369 Å². The molecular formula is C63H36O. The van der Waals surface area contributed by atoms with Crippen LogP contribution in [0.15, 0.2) is 223 Å². The smallest absolute Gasteiger partial charge is 0.136 e. The van der Waals surface area contributed by atoms with Gasteiger partial charge in [-0.25, -0.2) is 0 Å². The van der Waals surface area contributed by atoms with E-state index in [0.29, 0.717) is 0 Å². The van der Waals surface area contributed by atoms with Crippen LogP contribution in [0.1, 0.15) is 22.3 Å². The standard InChI is InChI=1S/C63H36O/c1-2-15-39-36-59-52(32-38(39)14-1)51-34-42(28-30-58(51)64-59)61-49-21-7-5-19-47(49)60(48-20-6-8-22-50(48)61)41-26-25-40-33-53-57(35-43(40)31-41)63(56-29-27-37-13-3-4-16-44(37)62(53)56)54-23-11-9-17-45(54)46-18-10-12-24-55(46)63/h1-36H. The quantitative estimate of drug-likeness (QED) is 0.159. The maximum absolute atomic E-state index is 6.47. The van der Waals surface area contributed by atoms with Gasteiger partial charge in [-0.15, -0.1) is 0 Å². The van der Waals surface area contributed by atoms with Crippen molar-refractivity contribution in [2.24, 2.45) is 0 Å². The number of rotatable bonds is 2. The summed E-state index contributed by atoms with van der Waals surface area (Å²) in [5.74, 6) is 0. The van der Waals surface area contributed by atoms with E-state index in [1.165, 1.54) is 121 Å². The van der Waals surface area contributed by atoms with Gasteiger partial charge in [-0.3, -0.25) is 0 Å². The minimum Gasteiger partial charge on any atom is -0.456 e. The summed E-state index contributed by atoms with van der Waals surface area (Å²) in [6.45, 7) is 0. The van der Waals surface area contributed by atoms with Gasteiger partial charge in [0.1, 0.15) is 11.2 Å². The molecule has 64 heavy (non-hydrogen) atoms. The second kappa shape index (κ2) is 12.4. The first-order valence-electron chi connectivity index (χ1n) is 22.3. The lowest BCUT2D eigenvalue weighted by Gasteiger charge is -2.30. The zero-order chi connectivity index (χ0) is 41.7. The first kappa shape index (κ1) is 34.3. The Morgan fingerprint density at radius 2 is 0.766 bits per heavy atom. The van der Waals surface area contributed by atoms with E-state index in [1.807, 2.05) is 0 Å². The third-order valence-corrected chi connectivity index (χ3v) is 14.8. The summed E-state index contributed by atoms with van der Waals surface area (Å²) in [5.41, 5.74) is 17.1. The topological polar surface area (TPSA) is 13.1 Å². The first-order chi connectivity index (χ1) is 31.7. The Hall–Kier alpha value is -8.26. The lowest BCUT2D eigenvalue weighted by molar-refractivity contribution is 0.669. The molecule has 0 amide bonds.